The quantitative estimate of drug-likeness (QED) is 0.516. The SMILES string of the molecule is O=P([O-])([O-])C[C@H](C[NH+]1CCCCC1)P(=O)([O-])[O-]. The van der Waals surface area contributed by atoms with Gasteiger partial charge in [0, 0.05) is 5.66 Å². The van der Waals surface area contributed by atoms with Crippen molar-refractivity contribution in [3.63, 3.8) is 0 Å². The summed E-state index contributed by atoms with van der Waals surface area (Å²) in [7, 11) is -10.0. The second-order valence-corrected chi connectivity index (χ2v) is 7.90. The van der Waals surface area contributed by atoms with Crippen LogP contribution in [0.4, 0.5) is 0 Å². The summed E-state index contributed by atoms with van der Waals surface area (Å²) in [6.45, 7) is 1.37. The van der Waals surface area contributed by atoms with Gasteiger partial charge < -0.3 is 33.6 Å². The number of hydrogen-bond donors (Lipinski definition) is 1. The molecule has 1 atom stereocenters. The fourth-order valence-electron chi connectivity index (χ4n) is 2.12. The summed E-state index contributed by atoms with van der Waals surface area (Å²) in [6, 6.07) is 0. The average molecular weight is 284 g/mol. The zero-order valence-electron chi connectivity index (χ0n) is 9.37. The van der Waals surface area contributed by atoms with Crippen LogP contribution in [0, 0.1) is 0 Å². The van der Waals surface area contributed by atoms with E-state index < -0.39 is 27.0 Å². The Labute approximate surface area is 100 Å². The highest BCUT2D eigenvalue weighted by atomic mass is 31.2. The molecule has 0 aromatic carbocycles. The molecule has 17 heavy (non-hydrogen) atoms. The molecule has 1 rings (SSSR count). The summed E-state index contributed by atoms with van der Waals surface area (Å²) in [4.78, 5) is 44.0. The molecule has 0 saturated carbocycles. The summed E-state index contributed by atoms with van der Waals surface area (Å²) in [5, 5.41) is 0. The number of hydrogen-bond acceptors (Lipinski definition) is 6. The summed E-state index contributed by atoms with van der Waals surface area (Å²) in [6.07, 6.45) is 1.83. The van der Waals surface area contributed by atoms with Crippen LogP contribution in [0.5, 0.6) is 0 Å². The van der Waals surface area contributed by atoms with E-state index in [0.29, 0.717) is 0 Å². The Morgan fingerprint density at radius 3 is 1.94 bits per heavy atom. The first-order valence-corrected chi connectivity index (χ1v) is 8.89. The van der Waals surface area contributed by atoms with Gasteiger partial charge in [-0.05, 0) is 25.4 Å². The molecule has 1 aliphatic heterocycles. The summed E-state index contributed by atoms with van der Waals surface area (Å²) < 4.78 is 21.5. The Kier molecular flexibility index (Phi) is 5.35. The summed E-state index contributed by atoms with van der Waals surface area (Å²) in [5.74, 6) is 0. The van der Waals surface area contributed by atoms with Gasteiger partial charge in [-0.3, -0.25) is 0 Å². The van der Waals surface area contributed by atoms with E-state index in [2.05, 4.69) is 0 Å². The molecule has 1 N–H and O–H groups in total. The van der Waals surface area contributed by atoms with Crippen LogP contribution in [-0.2, 0) is 9.13 Å². The van der Waals surface area contributed by atoms with Gasteiger partial charge in [-0.1, -0.05) is 15.2 Å². The van der Waals surface area contributed by atoms with E-state index in [1.165, 1.54) is 0 Å². The van der Waals surface area contributed by atoms with Gasteiger partial charge in [0.15, 0.2) is 0 Å². The first kappa shape index (κ1) is 15.3. The second kappa shape index (κ2) is 5.93. The molecule has 0 aromatic heterocycles. The monoisotopic (exact) mass is 284 g/mol. The van der Waals surface area contributed by atoms with Crippen molar-refractivity contribution in [1.29, 1.82) is 0 Å². The van der Waals surface area contributed by atoms with Gasteiger partial charge in [-0.25, -0.2) is 0 Å². The van der Waals surface area contributed by atoms with Crippen LogP contribution in [0.15, 0.2) is 0 Å². The third-order valence-corrected chi connectivity index (χ3v) is 5.40. The average Bonchev–Trinajstić information content (AvgIpc) is 2.15. The predicted octanol–water partition coefficient (Wildman–Crippen LogP) is -3.75. The maximum Gasteiger partial charge on any atom is 0.0849 e. The topological polar surface area (TPSA) is 131 Å². The van der Waals surface area contributed by atoms with Gasteiger partial charge in [0.05, 0.1) is 19.6 Å². The number of quaternary nitrogens is 1. The van der Waals surface area contributed by atoms with E-state index in [4.69, 9.17) is 0 Å². The fraction of sp³-hybridized carbons (Fsp3) is 1.00. The van der Waals surface area contributed by atoms with Gasteiger partial charge in [0.2, 0.25) is 0 Å². The molecule has 0 aromatic rings. The normalized spacial score (nSPS) is 21.4. The van der Waals surface area contributed by atoms with E-state index in [1.54, 1.807) is 0 Å². The number of nitrogens with one attached hydrogen (secondary N) is 1. The molecular weight excluding hydrogens is 268 g/mol. The smallest absolute Gasteiger partial charge is 0.0849 e. The van der Waals surface area contributed by atoms with Crippen LogP contribution in [0.2, 0.25) is 0 Å². The molecule has 0 spiro atoms. The first-order chi connectivity index (χ1) is 7.68. The Morgan fingerprint density at radius 2 is 1.53 bits per heavy atom. The van der Waals surface area contributed by atoms with Crippen LogP contribution in [-0.4, -0.2) is 31.5 Å². The zero-order chi connectivity index (χ0) is 13.1. The highest BCUT2D eigenvalue weighted by molar-refractivity contribution is 7.53. The molecule has 0 radical (unpaired) electrons. The minimum Gasteiger partial charge on any atom is -0.811 e. The van der Waals surface area contributed by atoms with Crippen molar-refractivity contribution in [3.8, 4) is 0 Å². The molecule has 0 amide bonds. The minimum atomic E-state index is -5.03. The van der Waals surface area contributed by atoms with Crippen LogP contribution < -0.4 is 24.5 Å². The van der Waals surface area contributed by atoms with E-state index in [0.717, 1.165) is 37.3 Å². The van der Waals surface area contributed by atoms with Crippen molar-refractivity contribution in [3.05, 3.63) is 0 Å². The molecule has 1 aliphatic rings. The van der Waals surface area contributed by atoms with E-state index in [1.807, 2.05) is 0 Å². The van der Waals surface area contributed by atoms with Crippen molar-refractivity contribution in [2.24, 2.45) is 0 Å². The number of piperidine rings is 1. The van der Waals surface area contributed by atoms with Crippen LogP contribution in [0.1, 0.15) is 19.3 Å². The summed E-state index contributed by atoms with van der Waals surface area (Å²) in [5.41, 5.74) is -1.59. The van der Waals surface area contributed by atoms with Crippen molar-refractivity contribution >= 4 is 15.2 Å². The van der Waals surface area contributed by atoms with Gasteiger partial charge in [0.1, 0.15) is 0 Å². The van der Waals surface area contributed by atoms with E-state index in [9.17, 15) is 28.7 Å². The third kappa shape index (κ3) is 6.11. The number of likely N-dealkylation sites (tertiary alicyclic amines) is 1. The molecular formula is C8H16NO6P2-3. The first-order valence-electron chi connectivity index (χ1n) is 5.55. The Balaban J connectivity index is 2.63. The highest BCUT2D eigenvalue weighted by Gasteiger charge is 2.22. The molecule has 1 saturated heterocycles. The maximum absolute atomic E-state index is 10.9. The van der Waals surface area contributed by atoms with Crippen molar-refractivity contribution in [2.75, 3.05) is 25.8 Å². The zero-order valence-corrected chi connectivity index (χ0v) is 11.2. The second-order valence-electron chi connectivity index (χ2n) is 4.50. The standard InChI is InChI=1S/C8H19NO6P2/c10-16(11,12)7-8(17(13,14)15)6-9-4-2-1-3-5-9/h8H,1-7H2,(H2,10,11,12)(H2,13,14,15)/p-3/t8-/m0/s1. The lowest BCUT2D eigenvalue weighted by Gasteiger charge is -2.44. The lowest BCUT2D eigenvalue weighted by molar-refractivity contribution is -0.904. The molecule has 9 heteroatoms. The number of rotatable bonds is 5. The minimum absolute atomic E-state index is 0.0707. The molecule has 0 aliphatic carbocycles. The lowest BCUT2D eigenvalue weighted by Crippen LogP contribution is -3.14. The van der Waals surface area contributed by atoms with Crippen LogP contribution >= 0.6 is 15.2 Å². The van der Waals surface area contributed by atoms with Gasteiger partial charge in [-0.15, -0.1) is 0 Å². The van der Waals surface area contributed by atoms with Crippen molar-refractivity contribution in [1.82, 2.24) is 0 Å². The van der Waals surface area contributed by atoms with Gasteiger partial charge in [0.25, 0.3) is 0 Å². The van der Waals surface area contributed by atoms with E-state index in [-0.39, 0.29) is 6.54 Å². The fourth-order valence-corrected chi connectivity index (χ4v) is 4.65. The van der Waals surface area contributed by atoms with Crippen LogP contribution in [0.25, 0.3) is 0 Å². The highest BCUT2D eigenvalue weighted by Crippen LogP contribution is 2.38. The molecule has 102 valence electrons. The van der Waals surface area contributed by atoms with Crippen molar-refractivity contribution in [2.45, 2.75) is 24.9 Å². The lowest BCUT2D eigenvalue weighted by atomic mass is 10.1. The van der Waals surface area contributed by atoms with Gasteiger partial charge >= 0.3 is 0 Å². The third-order valence-electron chi connectivity index (χ3n) is 2.97. The largest absolute Gasteiger partial charge is 0.811 e. The van der Waals surface area contributed by atoms with Crippen LogP contribution in [0.3, 0.4) is 0 Å². The molecule has 1 fully saturated rings. The Bertz CT molecular complexity index is 331. The molecule has 7 nitrogen and oxygen atoms in total. The molecule has 1 heterocycles. The Morgan fingerprint density at radius 1 is 1.00 bits per heavy atom. The molecule has 0 bridgehead atoms. The summed E-state index contributed by atoms with van der Waals surface area (Å²) >= 11 is 0. The maximum atomic E-state index is 10.9. The van der Waals surface area contributed by atoms with Gasteiger partial charge in [-0.2, -0.15) is 0 Å². The Hall–Kier alpha value is 0.260. The molecule has 0 unspecified atom stereocenters. The van der Waals surface area contributed by atoms with Crippen molar-refractivity contribution < 1.29 is 33.6 Å². The predicted molar refractivity (Wildman–Crippen MR) is 53.3 cm³/mol. The van der Waals surface area contributed by atoms with E-state index >= 15 is 0 Å².